The highest BCUT2D eigenvalue weighted by Crippen LogP contribution is 2.35. The SMILES string of the molecule is Cc1ccc(S(=O)(=O)N2C(=O)CC[C@@H]2C(=O)Nc2cc(C(F)(F)F)ccc2Cl)cc1. The molecule has 11 heteroatoms. The van der Waals surface area contributed by atoms with E-state index in [2.05, 4.69) is 5.32 Å². The molecule has 1 aliphatic rings. The number of alkyl halides is 3. The second-order valence-electron chi connectivity index (χ2n) is 6.74. The minimum Gasteiger partial charge on any atom is -0.323 e. The molecule has 3 rings (SSSR count). The molecule has 1 heterocycles. The number of halogens is 4. The predicted molar refractivity (Wildman–Crippen MR) is 103 cm³/mol. The van der Waals surface area contributed by atoms with Crippen LogP contribution in [-0.2, 0) is 25.8 Å². The van der Waals surface area contributed by atoms with E-state index in [1.807, 2.05) is 0 Å². The van der Waals surface area contributed by atoms with Gasteiger partial charge in [-0.1, -0.05) is 29.3 Å². The molecule has 1 N–H and O–H groups in total. The van der Waals surface area contributed by atoms with Crippen LogP contribution < -0.4 is 5.32 Å². The average molecular weight is 461 g/mol. The second kappa shape index (κ2) is 7.92. The van der Waals surface area contributed by atoms with Crippen LogP contribution in [0.5, 0.6) is 0 Å². The maximum atomic E-state index is 12.9. The van der Waals surface area contributed by atoms with E-state index in [1.54, 1.807) is 19.1 Å². The van der Waals surface area contributed by atoms with Gasteiger partial charge in [0, 0.05) is 6.42 Å². The molecule has 0 radical (unpaired) electrons. The van der Waals surface area contributed by atoms with Crippen molar-refractivity contribution < 1.29 is 31.2 Å². The van der Waals surface area contributed by atoms with E-state index in [1.165, 1.54) is 12.1 Å². The van der Waals surface area contributed by atoms with Crippen LogP contribution in [0.25, 0.3) is 0 Å². The van der Waals surface area contributed by atoms with Crippen molar-refractivity contribution in [1.82, 2.24) is 4.31 Å². The Balaban J connectivity index is 1.91. The zero-order valence-electron chi connectivity index (χ0n) is 15.5. The first-order valence-electron chi connectivity index (χ1n) is 8.73. The Bertz CT molecular complexity index is 1100. The molecule has 6 nitrogen and oxygen atoms in total. The fourth-order valence-corrected chi connectivity index (χ4v) is 4.81. The number of amides is 2. The Labute approximate surface area is 175 Å². The van der Waals surface area contributed by atoms with Crippen LogP contribution in [0.3, 0.4) is 0 Å². The van der Waals surface area contributed by atoms with Gasteiger partial charge in [0.1, 0.15) is 6.04 Å². The number of nitrogens with one attached hydrogen (secondary N) is 1. The molecular formula is C19H16ClF3N2O4S. The molecule has 30 heavy (non-hydrogen) atoms. The molecule has 1 atom stereocenters. The van der Waals surface area contributed by atoms with Crippen molar-refractivity contribution in [1.29, 1.82) is 0 Å². The third-order valence-corrected chi connectivity index (χ3v) is 6.77. The lowest BCUT2D eigenvalue weighted by molar-refractivity contribution is -0.137. The molecule has 0 spiro atoms. The fourth-order valence-electron chi connectivity index (χ4n) is 3.04. The summed E-state index contributed by atoms with van der Waals surface area (Å²) in [4.78, 5) is 24.8. The van der Waals surface area contributed by atoms with Crippen LogP contribution in [0.4, 0.5) is 18.9 Å². The van der Waals surface area contributed by atoms with Gasteiger partial charge in [0.05, 0.1) is 21.2 Å². The Kier molecular flexibility index (Phi) is 5.83. The maximum absolute atomic E-state index is 12.9. The van der Waals surface area contributed by atoms with Gasteiger partial charge in [-0.15, -0.1) is 0 Å². The van der Waals surface area contributed by atoms with Crippen LogP contribution in [0.2, 0.25) is 5.02 Å². The van der Waals surface area contributed by atoms with Crippen LogP contribution in [0, 0.1) is 6.92 Å². The molecular weight excluding hydrogens is 445 g/mol. The normalized spacial score (nSPS) is 17.3. The Hall–Kier alpha value is -2.59. The summed E-state index contributed by atoms with van der Waals surface area (Å²) in [5, 5.41) is 2.06. The quantitative estimate of drug-likeness (QED) is 0.748. The lowest BCUT2D eigenvalue weighted by atomic mass is 10.1. The number of sulfonamides is 1. The van der Waals surface area contributed by atoms with Gasteiger partial charge in [0.15, 0.2) is 0 Å². The summed E-state index contributed by atoms with van der Waals surface area (Å²) in [6, 6.07) is 6.69. The van der Waals surface area contributed by atoms with Gasteiger partial charge in [0.25, 0.3) is 10.0 Å². The molecule has 0 bridgehead atoms. The molecule has 1 saturated heterocycles. The van der Waals surface area contributed by atoms with Crippen molar-refractivity contribution >= 4 is 39.1 Å². The molecule has 0 aliphatic carbocycles. The number of hydrogen-bond donors (Lipinski definition) is 1. The average Bonchev–Trinajstić information content (AvgIpc) is 3.05. The van der Waals surface area contributed by atoms with Crippen molar-refractivity contribution in [3.05, 3.63) is 58.6 Å². The number of rotatable bonds is 4. The Morgan fingerprint density at radius 3 is 2.40 bits per heavy atom. The van der Waals surface area contributed by atoms with E-state index in [0.29, 0.717) is 10.4 Å². The van der Waals surface area contributed by atoms with Crippen LogP contribution in [0.15, 0.2) is 47.4 Å². The summed E-state index contributed by atoms with van der Waals surface area (Å²) in [5.41, 5.74) is -0.562. The third kappa shape index (κ3) is 4.29. The number of carbonyl (C=O) groups excluding carboxylic acids is 2. The van der Waals surface area contributed by atoms with Crippen LogP contribution in [0.1, 0.15) is 24.0 Å². The minimum absolute atomic E-state index is 0.105. The fraction of sp³-hybridized carbons (Fsp3) is 0.263. The number of benzene rings is 2. The summed E-state index contributed by atoms with van der Waals surface area (Å²) < 4.78 is 65.1. The number of hydrogen-bond acceptors (Lipinski definition) is 4. The van der Waals surface area contributed by atoms with Crippen molar-refractivity contribution in [3.8, 4) is 0 Å². The summed E-state index contributed by atoms with van der Waals surface area (Å²) in [5.74, 6) is -1.72. The molecule has 0 aromatic heterocycles. The van der Waals surface area contributed by atoms with E-state index in [4.69, 9.17) is 11.6 Å². The van der Waals surface area contributed by atoms with E-state index in [-0.39, 0.29) is 28.4 Å². The lowest BCUT2D eigenvalue weighted by Gasteiger charge is -2.24. The summed E-state index contributed by atoms with van der Waals surface area (Å²) in [7, 11) is -4.32. The van der Waals surface area contributed by atoms with Crippen LogP contribution in [-0.4, -0.2) is 30.6 Å². The van der Waals surface area contributed by atoms with Crippen molar-refractivity contribution in [2.75, 3.05) is 5.32 Å². The molecule has 1 fully saturated rings. The predicted octanol–water partition coefficient (Wildman–Crippen LogP) is 3.99. The molecule has 2 aromatic rings. The van der Waals surface area contributed by atoms with Crippen LogP contribution >= 0.6 is 11.6 Å². The zero-order valence-corrected chi connectivity index (χ0v) is 17.1. The number of aryl methyl sites for hydroxylation is 1. The topological polar surface area (TPSA) is 83.6 Å². The first kappa shape index (κ1) is 22.1. The van der Waals surface area contributed by atoms with Gasteiger partial charge in [-0.25, -0.2) is 12.7 Å². The van der Waals surface area contributed by atoms with Gasteiger partial charge in [-0.2, -0.15) is 13.2 Å². The van der Waals surface area contributed by atoms with Gasteiger partial charge >= 0.3 is 6.18 Å². The largest absolute Gasteiger partial charge is 0.416 e. The second-order valence-corrected chi connectivity index (χ2v) is 8.97. The lowest BCUT2D eigenvalue weighted by Crippen LogP contribution is -2.45. The minimum atomic E-state index is -4.66. The molecule has 0 unspecified atom stereocenters. The van der Waals surface area contributed by atoms with Gasteiger partial charge < -0.3 is 5.32 Å². The molecule has 2 aromatic carbocycles. The van der Waals surface area contributed by atoms with Gasteiger partial charge in [0.2, 0.25) is 11.8 Å². The summed E-state index contributed by atoms with van der Waals surface area (Å²) in [6.45, 7) is 1.76. The zero-order chi connectivity index (χ0) is 22.3. The maximum Gasteiger partial charge on any atom is 0.416 e. The molecule has 2 amide bonds. The van der Waals surface area contributed by atoms with Gasteiger partial charge in [-0.05, 0) is 43.7 Å². The highest BCUT2D eigenvalue weighted by atomic mass is 35.5. The first-order chi connectivity index (χ1) is 13.9. The smallest absolute Gasteiger partial charge is 0.323 e. The number of carbonyl (C=O) groups is 2. The number of anilines is 1. The number of nitrogens with zero attached hydrogens (tertiary/aromatic N) is 1. The summed E-state index contributed by atoms with van der Waals surface area (Å²) >= 11 is 5.88. The van der Waals surface area contributed by atoms with E-state index >= 15 is 0 Å². The Morgan fingerprint density at radius 2 is 1.80 bits per heavy atom. The van der Waals surface area contributed by atoms with E-state index in [0.717, 1.165) is 17.7 Å². The summed E-state index contributed by atoms with van der Waals surface area (Å²) in [6.07, 6.45) is -4.96. The van der Waals surface area contributed by atoms with E-state index in [9.17, 15) is 31.2 Å². The molecule has 160 valence electrons. The van der Waals surface area contributed by atoms with Gasteiger partial charge in [-0.3, -0.25) is 9.59 Å². The highest BCUT2D eigenvalue weighted by molar-refractivity contribution is 7.89. The first-order valence-corrected chi connectivity index (χ1v) is 10.5. The third-order valence-electron chi connectivity index (χ3n) is 4.59. The monoisotopic (exact) mass is 460 g/mol. The molecule has 1 aliphatic heterocycles. The van der Waals surface area contributed by atoms with Crippen molar-refractivity contribution in [2.45, 2.75) is 36.9 Å². The van der Waals surface area contributed by atoms with Crippen molar-refractivity contribution in [3.63, 3.8) is 0 Å². The van der Waals surface area contributed by atoms with Crippen molar-refractivity contribution in [2.24, 2.45) is 0 Å². The highest BCUT2D eigenvalue weighted by Gasteiger charge is 2.44. The molecule has 0 saturated carbocycles. The van der Waals surface area contributed by atoms with E-state index < -0.39 is 39.6 Å². The Morgan fingerprint density at radius 1 is 1.17 bits per heavy atom. The standard InChI is InChI=1S/C19H16ClF3N2O4S/c1-11-2-5-13(6-3-11)30(28,29)25-16(8-9-17(25)26)18(27)24-15-10-12(19(21,22)23)4-7-14(15)20/h2-7,10,16H,8-9H2,1H3,(H,24,27)/t16-/m1/s1.